The van der Waals surface area contributed by atoms with Gasteiger partial charge in [0.2, 0.25) is 17.6 Å². The molecule has 0 radical (unpaired) electrons. The van der Waals surface area contributed by atoms with Crippen LogP contribution in [0.4, 0.5) is 0 Å². The number of hydrogen-bond acceptors (Lipinski definition) is 6. The fraction of sp³-hybridized carbons (Fsp3) is 0.562. The molecule has 2 unspecified atom stereocenters. The lowest BCUT2D eigenvalue weighted by Crippen LogP contribution is -2.44. The number of nitrogens with zero attached hydrogens (tertiary/aromatic N) is 2. The number of aryl methyl sites for hydroxylation is 1. The Morgan fingerprint density at radius 2 is 2.21 bits per heavy atom. The van der Waals surface area contributed by atoms with Crippen LogP contribution in [0.3, 0.4) is 0 Å². The summed E-state index contributed by atoms with van der Waals surface area (Å²) in [6.45, 7) is 0.626. The first-order valence-corrected chi connectivity index (χ1v) is 8.12. The van der Waals surface area contributed by atoms with E-state index >= 15 is 0 Å². The normalized spacial score (nSPS) is 20.4. The fourth-order valence-electron chi connectivity index (χ4n) is 3.04. The Bertz CT molecular complexity index is 629. The van der Waals surface area contributed by atoms with Crippen LogP contribution in [0.1, 0.15) is 38.0 Å². The summed E-state index contributed by atoms with van der Waals surface area (Å²) in [4.78, 5) is 16.4. The lowest BCUT2D eigenvalue weighted by molar-refractivity contribution is -0.122. The van der Waals surface area contributed by atoms with Crippen LogP contribution in [-0.4, -0.2) is 28.6 Å². The summed E-state index contributed by atoms with van der Waals surface area (Å²) >= 11 is 0. The van der Waals surface area contributed by atoms with Crippen molar-refractivity contribution in [2.75, 3.05) is 6.54 Å². The van der Waals surface area contributed by atoms with Crippen LogP contribution < -0.4 is 11.1 Å². The Kier molecular flexibility index (Phi) is 6.81. The number of hydrogen-bond donors (Lipinski definition) is 2. The second-order valence-electron chi connectivity index (χ2n) is 5.94. The average molecular weight is 355 g/mol. The van der Waals surface area contributed by atoms with Gasteiger partial charge < -0.3 is 20.0 Å². The molecule has 8 heteroatoms. The van der Waals surface area contributed by atoms with Crippen LogP contribution in [0.25, 0.3) is 11.6 Å². The minimum atomic E-state index is 0. The Morgan fingerprint density at radius 1 is 1.38 bits per heavy atom. The zero-order valence-electron chi connectivity index (χ0n) is 13.4. The lowest BCUT2D eigenvalue weighted by Gasteiger charge is -2.31. The van der Waals surface area contributed by atoms with E-state index in [1.54, 1.807) is 18.4 Å². The van der Waals surface area contributed by atoms with Crippen molar-refractivity contribution in [3.8, 4) is 11.6 Å². The third-order valence-corrected chi connectivity index (χ3v) is 4.33. The van der Waals surface area contributed by atoms with E-state index in [0.717, 1.165) is 19.3 Å². The Balaban J connectivity index is 0.00000208. The second kappa shape index (κ2) is 8.84. The molecule has 0 saturated heterocycles. The van der Waals surface area contributed by atoms with Gasteiger partial charge >= 0.3 is 0 Å². The molecular weight excluding hydrogens is 332 g/mol. The monoisotopic (exact) mass is 354 g/mol. The summed E-state index contributed by atoms with van der Waals surface area (Å²) in [7, 11) is 0. The predicted molar refractivity (Wildman–Crippen MR) is 90.5 cm³/mol. The van der Waals surface area contributed by atoms with Gasteiger partial charge in [-0.1, -0.05) is 18.0 Å². The number of carbonyl (C=O) groups is 1. The first-order chi connectivity index (χ1) is 11.3. The molecule has 2 aromatic heterocycles. The van der Waals surface area contributed by atoms with Crippen LogP contribution in [-0.2, 0) is 11.2 Å². The minimum Gasteiger partial charge on any atom is -0.461 e. The minimum absolute atomic E-state index is 0. The van der Waals surface area contributed by atoms with Crippen LogP contribution in [0, 0.1) is 5.92 Å². The van der Waals surface area contributed by atoms with E-state index in [9.17, 15) is 4.79 Å². The molecule has 3 N–H and O–H groups in total. The number of halogens is 1. The van der Waals surface area contributed by atoms with E-state index in [4.69, 9.17) is 14.7 Å². The molecule has 2 heterocycles. The van der Waals surface area contributed by atoms with Crippen molar-refractivity contribution < 1.29 is 13.7 Å². The van der Waals surface area contributed by atoms with Crippen LogP contribution in [0.5, 0.6) is 0 Å². The van der Waals surface area contributed by atoms with Crippen LogP contribution in [0.2, 0.25) is 0 Å². The van der Waals surface area contributed by atoms with Crippen molar-refractivity contribution in [2.24, 2.45) is 11.7 Å². The van der Waals surface area contributed by atoms with Gasteiger partial charge in [0.05, 0.1) is 6.26 Å². The van der Waals surface area contributed by atoms with Gasteiger partial charge in [0, 0.05) is 18.9 Å². The lowest BCUT2D eigenvalue weighted by atomic mass is 9.84. The van der Waals surface area contributed by atoms with E-state index in [1.165, 1.54) is 6.42 Å². The number of furan rings is 1. The zero-order valence-corrected chi connectivity index (χ0v) is 14.3. The van der Waals surface area contributed by atoms with E-state index < -0.39 is 0 Å². The van der Waals surface area contributed by atoms with Gasteiger partial charge in [-0.25, -0.2) is 0 Å². The number of amides is 1. The summed E-state index contributed by atoms with van der Waals surface area (Å²) in [6.07, 6.45) is 6.75. The highest BCUT2D eigenvalue weighted by atomic mass is 35.5. The largest absolute Gasteiger partial charge is 0.461 e. The van der Waals surface area contributed by atoms with Gasteiger partial charge in [-0.15, -0.1) is 12.4 Å². The predicted octanol–water partition coefficient (Wildman–Crippen LogP) is 2.32. The summed E-state index contributed by atoms with van der Waals surface area (Å²) in [6, 6.07) is 3.72. The van der Waals surface area contributed by atoms with Crippen LogP contribution in [0.15, 0.2) is 27.3 Å². The third-order valence-electron chi connectivity index (χ3n) is 4.33. The third kappa shape index (κ3) is 4.58. The van der Waals surface area contributed by atoms with Gasteiger partial charge in [-0.05, 0) is 37.4 Å². The first kappa shape index (κ1) is 18.5. The maximum atomic E-state index is 12.1. The molecule has 1 aliphatic carbocycles. The van der Waals surface area contributed by atoms with Gasteiger partial charge in [0.1, 0.15) is 0 Å². The summed E-state index contributed by atoms with van der Waals surface area (Å²) in [5.74, 6) is 1.79. The van der Waals surface area contributed by atoms with Crippen molar-refractivity contribution in [1.29, 1.82) is 0 Å². The van der Waals surface area contributed by atoms with E-state index in [2.05, 4.69) is 15.5 Å². The SMILES string of the molecule is Cl.NCC1CCCCC1NC(=O)CCc1nc(-c2ccco2)no1. The molecule has 0 bridgehead atoms. The molecule has 24 heavy (non-hydrogen) atoms. The van der Waals surface area contributed by atoms with Gasteiger partial charge in [-0.2, -0.15) is 4.98 Å². The molecule has 2 aromatic rings. The highest BCUT2D eigenvalue weighted by Crippen LogP contribution is 2.23. The Morgan fingerprint density at radius 3 is 2.96 bits per heavy atom. The number of nitrogens with one attached hydrogen (secondary N) is 1. The molecule has 3 rings (SSSR count). The van der Waals surface area contributed by atoms with Gasteiger partial charge in [0.15, 0.2) is 5.76 Å². The molecule has 0 aliphatic heterocycles. The van der Waals surface area contributed by atoms with Crippen LogP contribution >= 0.6 is 12.4 Å². The summed E-state index contributed by atoms with van der Waals surface area (Å²) in [5, 5.41) is 6.95. The highest BCUT2D eigenvalue weighted by Gasteiger charge is 2.25. The van der Waals surface area contributed by atoms with E-state index in [-0.39, 0.29) is 24.4 Å². The molecule has 1 saturated carbocycles. The molecular formula is C16H23ClN4O3. The molecule has 2 atom stereocenters. The number of carbonyl (C=O) groups excluding carboxylic acids is 1. The smallest absolute Gasteiger partial charge is 0.238 e. The highest BCUT2D eigenvalue weighted by molar-refractivity contribution is 5.85. The quantitative estimate of drug-likeness (QED) is 0.824. The van der Waals surface area contributed by atoms with Gasteiger partial charge in [-0.3, -0.25) is 4.79 Å². The molecule has 7 nitrogen and oxygen atoms in total. The second-order valence-corrected chi connectivity index (χ2v) is 5.94. The molecule has 1 aliphatic rings. The van der Waals surface area contributed by atoms with Crippen molar-refractivity contribution in [1.82, 2.24) is 15.5 Å². The Hall–Kier alpha value is -1.86. The zero-order chi connectivity index (χ0) is 16.1. The molecule has 0 aromatic carbocycles. The number of rotatable bonds is 6. The average Bonchev–Trinajstić information content (AvgIpc) is 3.24. The topological polar surface area (TPSA) is 107 Å². The number of aromatic nitrogens is 2. The van der Waals surface area contributed by atoms with Gasteiger partial charge in [0.25, 0.3) is 0 Å². The molecule has 0 spiro atoms. The summed E-state index contributed by atoms with van der Waals surface area (Å²) in [5.41, 5.74) is 5.79. The molecule has 1 fully saturated rings. The van der Waals surface area contributed by atoms with E-state index in [1.807, 2.05) is 0 Å². The van der Waals surface area contributed by atoms with Crippen molar-refractivity contribution in [3.63, 3.8) is 0 Å². The number of nitrogens with two attached hydrogens (primary N) is 1. The first-order valence-electron chi connectivity index (χ1n) is 8.12. The maximum absolute atomic E-state index is 12.1. The molecule has 132 valence electrons. The summed E-state index contributed by atoms with van der Waals surface area (Å²) < 4.78 is 10.4. The maximum Gasteiger partial charge on any atom is 0.238 e. The Labute approximate surface area is 146 Å². The van der Waals surface area contributed by atoms with Crippen molar-refractivity contribution in [3.05, 3.63) is 24.3 Å². The standard InChI is InChI=1S/C16H22N4O3.ClH/c17-10-11-4-1-2-5-12(11)18-14(21)7-8-15-19-16(20-23-15)13-6-3-9-22-13;/h3,6,9,11-12H,1-2,4-5,7-8,10,17H2,(H,18,21);1H. The van der Waals surface area contributed by atoms with E-state index in [0.29, 0.717) is 42.8 Å². The fourth-order valence-corrected chi connectivity index (χ4v) is 3.04. The van der Waals surface area contributed by atoms with Crippen molar-refractivity contribution >= 4 is 18.3 Å². The van der Waals surface area contributed by atoms with Crippen molar-refractivity contribution in [2.45, 2.75) is 44.6 Å². The molecule has 1 amide bonds.